The van der Waals surface area contributed by atoms with E-state index in [0.29, 0.717) is 5.69 Å². The lowest BCUT2D eigenvalue weighted by atomic mass is 9.96. The Morgan fingerprint density at radius 3 is 2.37 bits per heavy atom. The van der Waals surface area contributed by atoms with Gasteiger partial charge in [0.1, 0.15) is 0 Å². The summed E-state index contributed by atoms with van der Waals surface area (Å²) in [5.41, 5.74) is 12.9. The molecule has 0 aromatic heterocycles. The Morgan fingerprint density at radius 1 is 1.17 bits per heavy atom. The third-order valence-corrected chi connectivity index (χ3v) is 5.05. The van der Waals surface area contributed by atoms with Gasteiger partial charge in [-0.2, -0.15) is 0 Å². The van der Waals surface area contributed by atoms with Crippen LogP contribution in [0.3, 0.4) is 0 Å². The topological polar surface area (TPSA) is 131 Å². The van der Waals surface area contributed by atoms with Gasteiger partial charge in [-0.15, -0.1) is 24.8 Å². The van der Waals surface area contributed by atoms with Crippen LogP contribution < -0.4 is 22.1 Å². The molecule has 1 aromatic carbocycles. The van der Waals surface area contributed by atoms with Crippen molar-refractivity contribution in [2.75, 3.05) is 25.0 Å². The Hall–Kier alpha value is -1.87. The minimum Gasteiger partial charge on any atom is -0.369 e. The molecule has 1 saturated heterocycles. The average molecular weight is 462 g/mol. The molecule has 1 aliphatic heterocycles. The van der Waals surface area contributed by atoms with Gasteiger partial charge in [0.05, 0.1) is 12.6 Å². The number of hydrogen-bond acceptors (Lipinski definition) is 5. The Kier molecular flexibility index (Phi) is 12.6. The van der Waals surface area contributed by atoms with Crippen LogP contribution in [0, 0.1) is 11.8 Å². The van der Waals surface area contributed by atoms with Crippen molar-refractivity contribution in [2.45, 2.75) is 39.3 Å². The zero-order valence-corrected chi connectivity index (χ0v) is 19.1. The highest BCUT2D eigenvalue weighted by molar-refractivity contribution is 5.95. The molecule has 0 radical (unpaired) electrons. The number of amides is 3. The second-order valence-corrected chi connectivity index (χ2v) is 7.69. The second kappa shape index (κ2) is 13.4. The van der Waals surface area contributed by atoms with Gasteiger partial charge in [0.15, 0.2) is 0 Å². The Balaban J connectivity index is 0.00000420. The van der Waals surface area contributed by atoms with Gasteiger partial charge >= 0.3 is 0 Å². The van der Waals surface area contributed by atoms with E-state index in [1.54, 1.807) is 0 Å². The van der Waals surface area contributed by atoms with Gasteiger partial charge in [-0.25, -0.2) is 0 Å². The molecular weight excluding hydrogens is 429 g/mol. The van der Waals surface area contributed by atoms with E-state index in [0.717, 1.165) is 38.0 Å². The Bertz CT molecular complexity index is 709. The van der Waals surface area contributed by atoms with E-state index >= 15 is 0 Å². The number of nitrogens with one attached hydrogen (secondary N) is 2. The molecule has 3 amide bonds. The Labute approximate surface area is 190 Å². The number of halogens is 2. The maximum Gasteiger partial charge on any atom is 0.243 e. The number of nitrogens with two attached hydrogens (primary N) is 2. The summed E-state index contributed by atoms with van der Waals surface area (Å²) < 4.78 is 0. The molecule has 6 N–H and O–H groups in total. The number of rotatable bonds is 8. The fraction of sp³-hybridized carbons (Fsp3) is 0.550. The van der Waals surface area contributed by atoms with Gasteiger partial charge in [-0.3, -0.25) is 19.3 Å². The molecule has 8 nitrogen and oxygen atoms in total. The summed E-state index contributed by atoms with van der Waals surface area (Å²) in [5, 5.41) is 5.35. The van der Waals surface area contributed by atoms with Crippen molar-refractivity contribution in [3.63, 3.8) is 0 Å². The van der Waals surface area contributed by atoms with Crippen LogP contribution in [0.15, 0.2) is 24.3 Å². The summed E-state index contributed by atoms with van der Waals surface area (Å²) in [6.45, 7) is 5.98. The first-order valence-electron chi connectivity index (χ1n) is 9.70. The van der Waals surface area contributed by atoms with Gasteiger partial charge < -0.3 is 22.1 Å². The number of benzene rings is 1. The van der Waals surface area contributed by atoms with Crippen LogP contribution in [-0.2, 0) is 20.9 Å². The highest BCUT2D eigenvalue weighted by Gasteiger charge is 2.23. The third kappa shape index (κ3) is 8.87. The second-order valence-electron chi connectivity index (χ2n) is 7.69. The van der Waals surface area contributed by atoms with Crippen LogP contribution in [0.2, 0.25) is 0 Å². The summed E-state index contributed by atoms with van der Waals surface area (Å²) in [5.74, 6) is -0.874. The number of carbonyl (C=O) groups is 3. The molecule has 2 rings (SSSR count). The van der Waals surface area contributed by atoms with E-state index in [1.807, 2.05) is 38.1 Å². The van der Waals surface area contributed by atoms with Crippen LogP contribution in [0.1, 0.15) is 32.3 Å². The molecule has 1 atom stereocenters. The van der Waals surface area contributed by atoms with Crippen molar-refractivity contribution in [3.8, 4) is 0 Å². The summed E-state index contributed by atoms with van der Waals surface area (Å²) in [6.07, 6.45) is 1.56. The summed E-state index contributed by atoms with van der Waals surface area (Å²) in [6, 6.07) is 6.98. The quantitative estimate of drug-likeness (QED) is 0.462. The molecule has 1 aliphatic rings. The summed E-state index contributed by atoms with van der Waals surface area (Å²) >= 11 is 0. The van der Waals surface area contributed by atoms with E-state index in [9.17, 15) is 14.4 Å². The molecule has 1 aromatic rings. The molecule has 170 valence electrons. The van der Waals surface area contributed by atoms with Crippen molar-refractivity contribution in [2.24, 2.45) is 23.3 Å². The lowest BCUT2D eigenvalue weighted by molar-refractivity contribution is -0.125. The standard InChI is InChI=1S/C20H31N5O3.2ClH/c1-13(2)18(21)20(28)23-11-17(26)24-16-5-3-4-14(10-16)12-25-8-6-15(7-9-25)19(22)27;;/h3-5,10,13,15,18H,6-9,11-12,21H2,1-2H3,(H2,22,27)(H,23,28)(H,24,26);2*1H/t18-;;/m0../s1. The molecule has 1 heterocycles. The first kappa shape index (κ1) is 28.1. The molecule has 0 spiro atoms. The maximum atomic E-state index is 12.1. The predicted octanol–water partition coefficient (Wildman–Crippen LogP) is 1.27. The highest BCUT2D eigenvalue weighted by Crippen LogP contribution is 2.20. The van der Waals surface area contributed by atoms with Gasteiger partial charge in [0, 0.05) is 18.2 Å². The number of carbonyl (C=O) groups excluding carboxylic acids is 3. The van der Waals surface area contributed by atoms with Crippen molar-refractivity contribution in [3.05, 3.63) is 29.8 Å². The summed E-state index contributed by atoms with van der Waals surface area (Å²) in [4.78, 5) is 37.5. The molecule has 0 saturated carbocycles. The molecule has 10 heteroatoms. The first-order valence-corrected chi connectivity index (χ1v) is 9.70. The molecule has 0 unspecified atom stereocenters. The SMILES string of the molecule is CC(C)[C@H](N)C(=O)NCC(=O)Nc1cccc(CN2CCC(C(N)=O)CC2)c1.Cl.Cl. The minimum atomic E-state index is -0.630. The van der Waals surface area contributed by atoms with Crippen molar-refractivity contribution >= 4 is 48.2 Å². The number of likely N-dealkylation sites (tertiary alicyclic amines) is 1. The van der Waals surface area contributed by atoms with E-state index in [4.69, 9.17) is 11.5 Å². The zero-order chi connectivity index (χ0) is 20.7. The minimum absolute atomic E-state index is 0. The van der Waals surface area contributed by atoms with Crippen LogP contribution >= 0.6 is 24.8 Å². The van der Waals surface area contributed by atoms with Crippen LogP contribution in [-0.4, -0.2) is 48.3 Å². The number of anilines is 1. The first-order chi connectivity index (χ1) is 13.3. The highest BCUT2D eigenvalue weighted by atomic mass is 35.5. The summed E-state index contributed by atoms with van der Waals surface area (Å²) in [7, 11) is 0. The number of primary amides is 1. The maximum absolute atomic E-state index is 12.1. The van der Waals surface area contributed by atoms with Crippen molar-refractivity contribution < 1.29 is 14.4 Å². The largest absolute Gasteiger partial charge is 0.369 e. The van der Waals surface area contributed by atoms with Gasteiger partial charge in [-0.05, 0) is 49.5 Å². The van der Waals surface area contributed by atoms with Crippen molar-refractivity contribution in [1.29, 1.82) is 0 Å². The average Bonchev–Trinajstić information content (AvgIpc) is 2.66. The lowest BCUT2D eigenvalue weighted by Gasteiger charge is -2.30. The number of hydrogen-bond donors (Lipinski definition) is 4. The third-order valence-electron chi connectivity index (χ3n) is 5.05. The van der Waals surface area contributed by atoms with E-state index < -0.39 is 6.04 Å². The Morgan fingerprint density at radius 2 is 1.80 bits per heavy atom. The molecule has 30 heavy (non-hydrogen) atoms. The molecular formula is C20H33Cl2N5O3. The van der Waals surface area contributed by atoms with E-state index in [1.165, 1.54) is 0 Å². The molecule has 0 bridgehead atoms. The normalized spacial score (nSPS) is 15.5. The lowest BCUT2D eigenvalue weighted by Crippen LogP contribution is -2.46. The zero-order valence-electron chi connectivity index (χ0n) is 17.4. The van der Waals surface area contributed by atoms with Crippen molar-refractivity contribution in [1.82, 2.24) is 10.2 Å². The van der Waals surface area contributed by atoms with Gasteiger partial charge in [0.25, 0.3) is 0 Å². The fourth-order valence-electron chi connectivity index (χ4n) is 3.17. The predicted molar refractivity (Wildman–Crippen MR) is 123 cm³/mol. The van der Waals surface area contributed by atoms with Crippen LogP contribution in [0.5, 0.6) is 0 Å². The number of nitrogens with zero attached hydrogens (tertiary/aromatic N) is 1. The van der Waals surface area contributed by atoms with E-state index in [-0.39, 0.29) is 60.9 Å². The molecule has 1 fully saturated rings. The number of piperidine rings is 1. The van der Waals surface area contributed by atoms with Crippen LogP contribution in [0.25, 0.3) is 0 Å². The monoisotopic (exact) mass is 461 g/mol. The smallest absolute Gasteiger partial charge is 0.243 e. The molecule has 0 aliphatic carbocycles. The van der Waals surface area contributed by atoms with E-state index in [2.05, 4.69) is 15.5 Å². The van der Waals surface area contributed by atoms with Crippen LogP contribution in [0.4, 0.5) is 5.69 Å². The van der Waals surface area contributed by atoms with Gasteiger partial charge in [0.2, 0.25) is 17.7 Å². The fourth-order valence-corrected chi connectivity index (χ4v) is 3.17. The van der Waals surface area contributed by atoms with Gasteiger partial charge in [-0.1, -0.05) is 26.0 Å².